The average molecular weight is 501 g/mol. The van der Waals surface area contributed by atoms with Crippen LogP contribution in [0.4, 0.5) is 0 Å². The van der Waals surface area contributed by atoms with Gasteiger partial charge in [0.2, 0.25) is 5.43 Å². The maximum Gasteiger partial charge on any atom is 0.201 e. The number of sulfone groups is 1. The first-order valence-electron chi connectivity index (χ1n) is 9.00. The molecule has 4 rings (SSSR count). The van der Waals surface area contributed by atoms with Crippen molar-refractivity contribution in [3.63, 3.8) is 0 Å². The first-order chi connectivity index (χ1) is 14.3. The fourth-order valence-corrected chi connectivity index (χ4v) is 5.24. The van der Waals surface area contributed by atoms with Crippen molar-refractivity contribution in [2.24, 2.45) is 0 Å². The Morgan fingerprint density at radius 3 is 2.23 bits per heavy atom. The molecular weight excluding hydrogens is 484 g/mol. The second-order valence-corrected chi connectivity index (χ2v) is 10.5. The molecule has 30 heavy (non-hydrogen) atoms. The summed E-state index contributed by atoms with van der Waals surface area (Å²) < 4.78 is 30.7. The summed E-state index contributed by atoms with van der Waals surface area (Å²) in [6.07, 6.45) is 3.15. The summed E-state index contributed by atoms with van der Waals surface area (Å²) in [5, 5.41) is 0.495. The minimum absolute atomic E-state index is 0.136. The number of halogens is 1. The molecule has 152 valence electrons. The van der Waals surface area contributed by atoms with Crippen molar-refractivity contribution in [2.45, 2.75) is 9.79 Å². The highest BCUT2D eigenvalue weighted by Crippen LogP contribution is 2.36. The first-order valence-corrected chi connectivity index (χ1v) is 12.9. The summed E-state index contributed by atoms with van der Waals surface area (Å²) in [5.74, 6) is 0.405. The monoisotopic (exact) mass is 500 g/mol. The van der Waals surface area contributed by atoms with E-state index in [1.165, 1.54) is 12.1 Å². The summed E-state index contributed by atoms with van der Waals surface area (Å²) in [6.45, 7) is 0. The van der Waals surface area contributed by atoms with E-state index in [2.05, 4.69) is 15.9 Å². The normalized spacial score (nSPS) is 11.7. The van der Waals surface area contributed by atoms with Crippen LogP contribution in [0.15, 0.2) is 90.2 Å². The number of benzene rings is 3. The molecule has 1 heterocycles. The number of thioether (sulfide) groups is 1. The third-order valence-corrected chi connectivity index (χ3v) is 7.63. The van der Waals surface area contributed by atoms with E-state index in [0.29, 0.717) is 27.9 Å². The fraction of sp³-hybridized carbons (Fsp3) is 0.0870. The van der Waals surface area contributed by atoms with Gasteiger partial charge in [-0.1, -0.05) is 18.2 Å². The van der Waals surface area contributed by atoms with Crippen molar-refractivity contribution >= 4 is 48.5 Å². The molecule has 1 aromatic heterocycles. The van der Waals surface area contributed by atoms with Gasteiger partial charge in [0.15, 0.2) is 9.84 Å². The lowest BCUT2D eigenvalue weighted by Gasteiger charge is -2.12. The molecule has 0 spiro atoms. The molecule has 0 fully saturated rings. The zero-order valence-electron chi connectivity index (χ0n) is 16.2. The summed E-state index contributed by atoms with van der Waals surface area (Å²) in [6, 6.07) is 19.2. The Balaban J connectivity index is 2.02. The van der Waals surface area contributed by atoms with Crippen LogP contribution < -0.4 is 5.43 Å². The van der Waals surface area contributed by atoms with Crippen molar-refractivity contribution in [1.29, 1.82) is 0 Å². The summed E-state index contributed by atoms with van der Waals surface area (Å²) in [5.41, 5.74) is 2.14. The number of para-hydroxylation sites is 1. The van der Waals surface area contributed by atoms with Gasteiger partial charge < -0.3 is 4.42 Å². The van der Waals surface area contributed by atoms with Gasteiger partial charge in [-0.15, -0.1) is 11.8 Å². The second-order valence-electron chi connectivity index (χ2n) is 6.78. The lowest BCUT2D eigenvalue weighted by Crippen LogP contribution is -2.07. The molecule has 0 atom stereocenters. The van der Waals surface area contributed by atoms with Crippen LogP contribution in [0.25, 0.3) is 33.4 Å². The molecule has 7 heteroatoms. The Bertz CT molecular complexity index is 1420. The lowest BCUT2D eigenvalue weighted by atomic mass is 9.98. The van der Waals surface area contributed by atoms with E-state index in [1.54, 1.807) is 42.1 Å². The number of fused-ring (bicyclic) bond motifs is 1. The Hall–Kier alpha value is -2.35. The van der Waals surface area contributed by atoms with Gasteiger partial charge >= 0.3 is 0 Å². The highest BCUT2D eigenvalue weighted by Gasteiger charge is 2.19. The molecule has 0 N–H and O–H groups in total. The van der Waals surface area contributed by atoms with Gasteiger partial charge in [-0.3, -0.25) is 4.79 Å². The Morgan fingerprint density at radius 2 is 1.60 bits per heavy atom. The molecule has 0 aliphatic heterocycles. The second kappa shape index (κ2) is 8.06. The molecule has 0 amide bonds. The molecule has 0 bridgehead atoms. The molecule has 0 aliphatic rings. The Kier molecular flexibility index (Phi) is 5.61. The molecule has 4 nitrogen and oxygen atoms in total. The van der Waals surface area contributed by atoms with E-state index in [0.717, 1.165) is 21.2 Å². The lowest BCUT2D eigenvalue weighted by molar-refractivity contribution is 0.601. The van der Waals surface area contributed by atoms with Crippen molar-refractivity contribution in [2.75, 3.05) is 12.5 Å². The summed E-state index contributed by atoms with van der Waals surface area (Å²) in [7, 11) is -3.32. The van der Waals surface area contributed by atoms with Crippen molar-refractivity contribution in [3.8, 4) is 22.5 Å². The fourth-order valence-electron chi connectivity index (χ4n) is 3.28. The van der Waals surface area contributed by atoms with E-state index in [4.69, 9.17) is 4.42 Å². The SMILES string of the molecule is CSc1ccc(-c2c(-c3ccc(S(C)(=O)=O)cc3)oc3ccccc3c2=O)cc1Br. The minimum atomic E-state index is -3.32. The number of hydrogen-bond acceptors (Lipinski definition) is 5. The van der Waals surface area contributed by atoms with Crippen LogP contribution in [0.5, 0.6) is 0 Å². The van der Waals surface area contributed by atoms with Crippen molar-refractivity contribution in [1.82, 2.24) is 0 Å². The minimum Gasteiger partial charge on any atom is -0.455 e. The topological polar surface area (TPSA) is 64.3 Å². The highest BCUT2D eigenvalue weighted by molar-refractivity contribution is 9.10. The summed E-state index contributed by atoms with van der Waals surface area (Å²) in [4.78, 5) is 14.7. The van der Waals surface area contributed by atoms with Crippen LogP contribution in [-0.4, -0.2) is 20.9 Å². The average Bonchev–Trinajstić information content (AvgIpc) is 2.73. The van der Waals surface area contributed by atoms with Crippen LogP contribution in [0.2, 0.25) is 0 Å². The van der Waals surface area contributed by atoms with Gasteiger partial charge in [0.1, 0.15) is 11.3 Å². The maximum absolute atomic E-state index is 13.4. The van der Waals surface area contributed by atoms with E-state index in [1.807, 2.05) is 30.5 Å². The van der Waals surface area contributed by atoms with Crippen molar-refractivity contribution in [3.05, 3.63) is 81.4 Å². The molecular formula is C23H17BrO4S2. The van der Waals surface area contributed by atoms with Gasteiger partial charge in [0, 0.05) is 21.2 Å². The van der Waals surface area contributed by atoms with Crippen LogP contribution in [-0.2, 0) is 9.84 Å². The molecule has 0 radical (unpaired) electrons. The van der Waals surface area contributed by atoms with Crippen LogP contribution >= 0.6 is 27.7 Å². The molecule has 0 saturated carbocycles. The summed E-state index contributed by atoms with van der Waals surface area (Å²) >= 11 is 5.18. The van der Waals surface area contributed by atoms with Gasteiger partial charge in [-0.2, -0.15) is 0 Å². The predicted molar refractivity (Wildman–Crippen MR) is 126 cm³/mol. The van der Waals surface area contributed by atoms with Crippen LogP contribution in [0, 0.1) is 0 Å². The molecule has 0 unspecified atom stereocenters. The molecule has 4 aromatic rings. The smallest absolute Gasteiger partial charge is 0.201 e. The van der Waals surface area contributed by atoms with Crippen LogP contribution in [0.3, 0.4) is 0 Å². The van der Waals surface area contributed by atoms with Gasteiger partial charge in [-0.05, 0) is 76.3 Å². The number of hydrogen-bond donors (Lipinski definition) is 0. The zero-order chi connectivity index (χ0) is 21.5. The largest absolute Gasteiger partial charge is 0.455 e. The third-order valence-electron chi connectivity index (χ3n) is 4.78. The van der Waals surface area contributed by atoms with E-state index < -0.39 is 9.84 Å². The predicted octanol–water partition coefficient (Wildman–Crippen LogP) is 6.01. The number of rotatable bonds is 4. The highest BCUT2D eigenvalue weighted by atomic mass is 79.9. The van der Waals surface area contributed by atoms with E-state index in [-0.39, 0.29) is 10.3 Å². The third kappa shape index (κ3) is 3.85. The quantitative estimate of drug-likeness (QED) is 0.320. The first kappa shape index (κ1) is 20.9. The Morgan fingerprint density at radius 1 is 0.933 bits per heavy atom. The van der Waals surface area contributed by atoms with Gasteiger partial charge in [0.25, 0.3) is 0 Å². The standard InChI is InChI=1S/C23H17BrO4S2/c1-29-20-12-9-15(13-18(20)24)21-22(25)17-5-3-4-6-19(17)28-23(21)14-7-10-16(11-8-14)30(2,26)27/h3-13H,1-2H3. The zero-order valence-corrected chi connectivity index (χ0v) is 19.4. The van der Waals surface area contributed by atoms with Gasteiger partial charge in [-0.25, -0.2) is 8.42 Å². The maximum atomic E-state index is 13.4. The van der Waals surface area contributed by atoms with Gasteiger partial charge in [0.05, 0.1) is 15.8 Å². The molecule has 3 aromatic carbocycles. The Labute approximate surface area is 187 Å². The molecule has 0 saturated heterocycles. The van der Waals surface area contributed by atoms with E-state index in [9.17, 15) is 13.2 Å². The van der Waals surface area contributed by atoms with Crippen LogP contribution in [0.1, 0.15) is 0 Å². The molecule has 0 aliphatic carbocycles. The van der Waals surface area contributed by atoms with Crippen molar-refractivity contribution < 1.29 is 12.8 Å². The van der Waals surface area contributed by atoms with E-state index >= 15 is 0 Å².